The second-order valence-electron chi connectivity index (χ2n) is 5.89. The van der Waals surface area contributed by atoms with Crippen LogP contribution >= 0.6 is 0 Å². The van der Waals surface area contributed by atoms with Crippen molar-refractivity contribution in [2.75, 3.05) is 0 Å². The van der Waals surface area contributed by atoms with E-state index in [-0.39, 0.29) is 36.2 Å². The van der Waals surface area contributed by atoms with Crippen molar-refractivity contribution in [2.45, 2.75) is 54.4 Å². The van der Waals surface area contributed by atoms with E-state index in [0.717, 1.165) is 0 Å². The Labute approximate surface area is 131 Å². The summed E-state index contributed by atoms with van der Waals surface area (Å²) >= 11 is 0. The maximum Gasteiger partial charge on any atom is 0.366 e. The smallest absolute Gasteiger partial charge is 0.299 e. The van der Waals surface area contributed by atoms with E-state index in [4.69, 9.17) is 0 Å². The maximum atomic E-state index is 11.9. The minimum absolute atomic E-state index is 0.189. The number of hydrogen-bond acceptors (Lipinski definition) is 6. The first-order valence-corrected chi connectivity index (χ1v) is 7.64. The molecule has 0 bridgehead atoms. The maximum absolute atomic E-state index is 11.9. The molecule has 0 amide bonds. The third-order valence-corrected chi connectivity index (χ3v) is 3.44. The van der Waals surface area contributed by atoms with Crippen LogP contribution in [0.2, 0.25) is 0 Å². The normalized spacial score (nSPS) is 13.6. The van der Waals surface area contributed by atoms with Crippen LogP contribution in [0.1, 0.15) is 54.4 Å². The Bertz CT molecular complexity index is 384. The Morgan fingerprint density at radius 3 is 1.14 bits per heavy atom. The molecule has 0 spiro atoms. The molecule has 0 aromatic rings. The lowest BCUT2D eigenvalue weighted by atomic mass is 9.90. The van der Waals surface area contributed by atoms with Gasteiger partial charge in [-0.3, -0.25) is 9.59 Å². The zero-order valence-corrected chi connectivity index (χ0v) is 14.2. The summed E-state index contributed by atoms with van der Waals surface area (Å²) in [7, 11) is 0. The van der Waals surface area contributed by atoms with Crippen LogP contribution in [-0.2, 0) is 29.0 Å². The van der Waals surface area contributed by atoms with Gasteiger partial charge in [0.25, 0.3) is 0 Å². The summed E-state index contributed by atoms with van der Waals surface area (Å²) in [4.78, 5) is 56.3. The van der Waals surface area contributed by atoms with Gasteiger partial charge in [0.05, 0.1) is 0 Å². The van der Waals surface area contributed by atoms with E-state index in [1.54, 1.807) is 41.5 Å². The molecular formula is C16H26O6. The Morgan fingerprint density at radius 1 is 0.682 bits per heavy atom. The summed E-state index contributed by atoms with van der Waals surface area (Å²) in [5, 5.41) is 0. The van der Waals surface area contributed by atoms with Crippen molar-refractivity contribution >= 4 is 23.5 Å². The molecule has 2 atom stereocenters. The van der Waals surface area contributed by atoms with Crippen LogP contribution < -0.4 is 0 Å². The minimum Gasteiger partial charge on any atom is -0.299 e. The fourth-order valence-corrected chi connectivity index (χ4v) is 2.18. The summed E-state index contributed by atoms with van der Waals surface area (Å²) in [5.41, 5.74) is 0. The highest BCUT2D eigenvalue weighted by Gasteiger charge is 2.35. The van der Waals surface area contributed by atoms with E-state index in [9.17, 15) is 19.2 Å². The number of carbonyl (C=O) groups is 4. The van der Waals surface area contributed by atoms with Gasteiger partial charge < -0.3 is 0 Å². The molecule has 0 heterocycles. The molecule has 0 aromatic heterocycles. The van der Waals surface area contributed by atoms with Gasteiger partial charge in [-0.05, 0) is 11.8 Å². The van der Waals surface area contributed by atoms with Gasteiger partial charge in [0.2, 0.25) is 0 Å². The Morgan fingerprint density at radius 2 is 0.955 bits per heavy atom. The summed E-state index contributed by atoms with van der Waals surface area (Å²) in [6, 6.07) is 0. The minimum atomic E-state index is -0.975. The lowest BCUT2D eigenvalue weighted by molar-refractivity contribution is -0.265. The topological polar surface area (TPSA) is 86.7 Å². The molecule has 6 heteroatoms. The van der Waals surface area contributed by atoms with Gasteiger partial charge in [0.15, 0.2) is 0 Å². The molecule has 0 saturated carbocycles. The van der Waals surface area contributed by atoms with Crippen LogP contribution in [0.15, 0.2) is 0 Å². The molecule has 0 aliphatic heterocycles. The van der Waals surface area contributed by atoms with Crippen molar-refractivity contribution in [2.24, 2.45) is 23.7 Å². The first kappa shape index (κ1) is 20.3. The van der Waals surface area contributed by atoms with Crippen LogP contribution in [0.5, 0.6) is 0 Å². The van der Waals surface area contributed by atoms with Crippen molar-refractivity contribution in [3.8, 4) is 0 Å². The van der Waals surface area contributed by atoms with Crippen LogP contribution in [0, 0.1) is 23.7 Å². The monoisotopic (exact) mass is 314 g/mol. The second-order valence-corrected chi connectivity index (χ2v) is 5.89. The first-order chi connectivity index (χ1) is 10.2. The van der Waals surface area contributed by atoms with Gasteiger partial charge in [0.1, 0.15) is 23.4 Å². The summed E-state index contributed by atoms with van der Waals surface area (Å²) in [6.07, 6.45) is 0.379. The van der Waals surface area contributed by atoms with Crippen molar-refractivity contribution in [1.82, 2.24) is 0 Å². The molecule has 6 nitrogen and oxygen atoms in total. The van der Waals surface area contributed by atoms with Gasteiger partial charge in [-0.2, -0.15) is 0 Å². The van der Waals surface area contributed by atoms with E-state index < -0.39 is 23.8 Å². The molecule has 22 heavy (non-hydrogen) atoms. The number of rotatable bonds is 8. The third kappa shape index (κ3) is 5.58. The van der Waals surface area contributed by atoms with E-state index in [1.807, 2.05) is 0 Å². The summed E-state index contributed by atoms with van der Waals surface area (Å²) in [5.74, 6) is -4.84. The third-order valence-electron chi connectivity index (χ3n) is 3.44. The fraction of sp³-hybridized carbons (Fsp3) is 0.750. The van der Waals surface area contributed by atoms with E-state index in [1.165, 1.54) is 0 Å². The highest BCUT2D eigenvalue weighted by atomic mass is 17.2. The SMILES string of the molecule is CCC(=O)C(C(=O)OOC(=O)C(C(=O)CC)C(C)C)C(C)C. The molecule has 126 valence electrons. The second kappa shape index (κ2) is 9.33. The average Bonchev–Trinajstić information content (AvgIpc) is 2.44. The number of ketones is 2. The first-order valence-electron chi connectivity index (χ1n) is 7.64. The Balaban J connectivity index is 4.83. The Kier molecular flexibility index (Phi) is 8.60. The zero-order chi connectivity index (χ0) is 17.4. The van der Waals surface area contributed by atoms with E-state index in [2.05, 4.69) is 9.78 Å². The standard InChI is InChI=1S/C16H26O6/c1-7-11(17)13(9(3)4)15(19)21-22-16(20)14(10(5)6)12(18)8-2/h9-10,13-14H,7-8H2,1-6H3. The molecule has 0 aliphatic carbocycles. The van der Waals surface area contributed by atoms with E-state index in [0.29, 0.717) is 0 Å². The number of carbonyl (C=O) groups excluding carboxylic acids is 4. The molecule has 0 rings (SSSR count). The largest absolute Gasteiger partial charge is 0.366 e. The Hall–Kier alpha value is -1.72. The molecule has 0 saturated heterocycles. The van der Waals surface area contributed by atoms with Crippen LogP contribution in [-0.4, -0.2) is 23.5 Å². The highest BCUT2D eigenvalue weighted by Crippen LogP contribution is 2.19. The van der Waals surface area contributed by atoms with Gasteiger partial charge >= 0.3 is 11.9 Å². The highest BCUT2D eigenvalue weighted by molar-refractivity contribution is 6.00. The fourth-order valence-electron chi connectivity index (χ4n) is 2.18. The van der Waals surface area contributed by atoms with Gasteiger partial charge in [0, 0.05) is 12.8 Å². The van der Waals surface area contributed by atoms with Gasteiger partial charge in [-0.15, -0.1) is 0 Å². The lowest BCUT2D eigenvalue weighted by Crippen LogP contribution is -2.34. The van der Waals surface area contributed by atoms with Crippen molar-refractivity contribution < 1.29 is 29.0 Å². The quantitative estimate of drug-likeness (QED) is 0.388. The summed E-state index contributed by atoms with van der Waals surface area (Å²) < 4.78 is 0. The summed E-state index contributed by atoms with van der Waals surface area (Å²) in [6.45, 7) is 10.1. The predicted molar refractivity (Wildman–Crippen MR) is 79.4 cm³/mol. The number of hydrogen-bond donors (Lipinski definition) is 0. The molecule has 0 fully saturated rings. The van der Waals surface area contributed by atoms with Crippen LogP contribution in [0.4, 0.5) is 0 Å². The molecule has 0 radical (unpaired) electrons. The van der Waals surface area contributed by atoms with E-state index >= 15 is 0 Å². The van der Waals surface area contributed by atoms with Gasteiger partial charge in [-0.25, -0.2) is 19.4 Å². The van der Waals surface area contributed by atoms with Crippen LogP contribution in [0.25, 0.3) is 0 Å². The molecule has 0 N–H and O–H groups in total. The van der Waals surface area contributed by atoms with Gasteiger partial charge in [-0.1, -0.05) is 41.5 Å². The number of Topliss-reactive ketones (excluding diaryl/α,β-unsaturated/α-hetero) is 2. The predicted octanol–water partition coefficient (Wildman–Crippen LogP) is 2.49. The molecule has 2 unspecified atom stereocenters. The van der Waals surface area contributed by atoms with Crippen LogP contribution in [0.3, 0.4) is 0 Å². The van der Waals surface area contributed by atoms with Crippen molar-refractivity contribution in [3.63, 3.8) is 0 Å². The zero-order valence-electron chi connectivity index (χ0n) is 14.2. The lowest BCUT2D eigenvalue weighted by Gasteiger charge is -2.18. The van der Waals surface area contributed by atoms with Crippen molar-refractivity contribution in [3.05, 3.63) is 0 Å². The molecule has 0 aromatic carbocycles. The average molecular weight is 314 g/mol. The van der Waals surface area contributed by atoms with Crippen molar-refractivity contribution in [1.29, 1.82) is 0 Å². The molecule has 0 aliphatic rings. The molecular weight excluding hydrogens is 288 g/mol.